The third kappa shape index (κ3) is 5.17. The molecule has 0 aliphatic carbocycles. The van der Waals surface area contributed by atoms with E-state index in [-0.39, 0.29) is 5.91 Å². The summed E-state index contributed by atoms with van der Waals surface area (Å²) in [6, 6.07) is 22.8. The Morgan fingerprint density at radius 2 is 1.74 bits per heavy atom. The van der Waals surface area contributed by atoms with Crippen molar-refractivity contribution in [3.05, 3.63) is 102 Å². The molecule has 1 N–H and O–H groups in total. The highest BCUT2D eigenvalue weighted by atomic mass is 16.5. The molecule has 1 amide bonds. The van der Waals surface area contributed by atoms with Gasteiger partial charge in [0.15, 0.2) is 0 Å². The topological polar surface area (TPSA) is 69.0 Å². The number of aryl methyl sites for hydroxylation is 2. The van der Waals surface area contributed by atoms with Gasteiger partial charge in [0.1, 0.15) is 11.3 Å². The Bertz CT molecular complexity index is 1140. The molecule has 0 aliphatic rings. The van der Waals surface area contributed by atoms with E-state index < -0.39 is 0 Å². The number of pyridine rings is 1. The second-order valence-electron chi connectivity index (χ2n) is 7.15. The van der Waals surface area contributed by atoms with E-state index in [0.29, 0.717) is 23.7 Å². The lowest BCUT2D eigenvalue weighted by Crippen LogP contribution is -2.25. The van der Waals surface area contributed by atoms with Crippen LogP contribution in [0.15, 0.2) is 85.2 Å². The fourth-order valence-electron chi connectivity index (χ4n) is 3.28. The molecule has 0 radical (unpaired) electrons. The number of benzene rings is 2. The van der Waals surface area contributed by atoms with Crippen LogP contribution in [0.3, 0.4) is 0 Å². The first kappa shape index (κ1) is 20.3. The molecule has 2 aromatic carbocycles. The highest BCUT2D eigenvalue weighted by Gasteiger charge is 2.14. The predicted molar refractivity (Wildman–Crippen MR) is 120 cm³/mol. The number of para-hydroxylation sites is 2. The van der Waals surface area contributed by atoms with Gasteiger partial charge in [0.2, 0.25) is 5.88 Å². The summed E-state index contributed by atoms with van der Waals surface area (Å²) in [5, 5.41) is 7.57. The van der Waals surface area contributed by atoms with Crippen molar-refractivity contribution in [1.29, 1.82) is 0 Å². The summed E-state index contributed by atoms with van der Waals surface area (Å²) in [7, 11) is 0. The van der Waals surface area contributed by atoms with Gasteiger partial charge >= 0.3 is 0 Å². The standard InChI is InChI=1S/C25H24N4O2/c1-19-20(18-29(28-19)21-11-4-2-5-12-21)10-8-16-26-24(30)23-15-9-17-27-25(23)31-22-13-6-3-7-14-22/h2-7,9,11-15,17-18H,8,10,16H2,1H3,(H,26,30). The zero-order valence-electron chi connectivity index (χ0n) is 17.4. The van der Waals surface area contributed by atoms with Gasteiger partial charge in [-0.05, 0) is 61.7 Å². The van der Waals surface area contributed by atoms with Crippen molar-refractivity contribution >= 4 is 5.91 Å². The number of nitrogens with zero attached hydrogens (tertiary/aromatic N) is 3. The highest BCUT2D eigenvalue weighted by Crippen LogP contribution is 2.22. The molecule has 2 aromatic heterocycles. The number of amides is 1. The second-order valence-corrected chi connectivity index (χ2v) is 7.15. The van der Waals surface area contributed by atoms with Gasteiger partial charge in [0.05, 0.1) is 11.4 Å². The minimum absolute atomic E-state index is 0.198. The molecule has 0 fully saturated rings. The first-order chi connectivity index (χ1) is 15.2. The van der Waals surface area contributed by atoms with Gasteiger partial charge in [-0.1, -0.05) is 36.4 Å². The van der Waals surface area contributed by atoms with Crippen LogP contribution in [0.1, 0.15) is 28.0 Å². The van der Waals surface area contributed by atoms with E-state index in [1.54, 1.807) is 18.3 Å². The maximum Gasteiger partial charge on any atom is 0.256 e. The molecular weight excluding hydrogens is 388 g/mol. The number of ether oxygens (including phenoxy) is 1. The lowest BCUT2D eigenvalue weighted by atomic mass is 10.1. The van der Waals surface area contributed by atoms with Crippen molar-refractivity contribution in [2.45, 2.75) is 19.8 Å². The molecule has 0 spiro atoms. The van der Waals surface area contributed by atoms with Crippen LogP contribution in [0.4, 0.5) is 0 Å². The van der Waals surface area contributed by atoms with E-state index in [1.165, 1.54) is 5.56 Å². The average Bonchev–Trinajstić information content (AvgIpc) is 3.19. The molecule has 156 valence electrons. The Morgan fingerprint density at radius 3 is 2.52 bits per heavy atom. The molecular formula is C25H24N4O2. The van der Waals surface area contributed by atoms with E-state index in [1.807, 2.05) is 72.3 Å². The summed E-state index contributed by atoms with van der Waals surface area (Å²) in [4.78, 5) is 16.9. The molecule has 6 nitrogen and oxygen atoms in total. The van der Waals surface area contributed by atoms with Gasteiger partial charge in [0, 0.05) is 18.9 Å². The summed E-state index contributed by atoms with van der Waals surface area (Å²) in [5.41, 5.74) is 3.63. The molecule has 0 atom stereocenters. The minimum Gasteiger partial charge on any atom is -0.438 e. The number of aromatic nitrogens is 3. The number of nitrogens with one attached hydrogen (secondary N) is 1. The zero-order valence-corrected chi connectivity index (χ0v) is 17.4. The SMILES string of the molecule is Cc1nn(-c2ccccc2)cc1CCCNC(=O)c1cccnc1Oc1ccccc1. The number of hydrogen-bond donors (Lipinski definition) is 1. The highest BCUT2D eigenvalue weighted by molar-refractivity contribution is 5.96. The first-order valence-electron chi connectivity index (χ1n) is 10.3. The minimum atomic E-state index is -0.198. The Hall–Kier alpha value is -3.93. The smallest absolute Gasteiger partial charge is 0.256 e. The van der Waals surface area contributed by atoms with E-state index in [9.17, 15) is 4.79 Å². The number of rotatable bonds is 8. The van der Waals surface area contributed by atoms with Gasteiger partial charge in [-0.25, -0.2) is 9.67 Å². The van der Waals surface area contributed by atoms with Crippen LogP contribution in [-0.4, -0.2) is 27.2 Å². The van der Waals surface area contributed by atoms with Crippen LogP contribution < -0.4 is 10.1 Å². The third-order valence-corrected chi connectivity index (χ3v) is 4.90. The maximum absolute atomic E-state index is 12.7. The number of carbonyl (C=O) groups is 1. The van der Waals surface area contributed by atoms with Crippen LogP contribution in [0.2, 0.25) is 0 Å². The fraction of sp³-hybridized carbons (Fsp3) is 0.160. The van der Waals surface area contributed by atoms with Crippen LogP contribution in [0.25, 0.3) is 5.69 Å². The van der Waals surface area contributed by atoms with Gasteiger partial charge in [-0.15, -0.1) is 0 Å². The monoisotopic (exact) mass is 412 g/mol. The molecule has 0 saturated heterocycles. The lowest BCUT2D eigenvalue weighted by molar-refractivity contribution is 0.0950. The second kappa shape index (κ2) is 9.71. The molecule has 0 unspecified atom stereocenters. The van der Waals surface area contributed by atoms with E-state index >= 15 is 0 Å². The molecule has 6 heteroatoms. The fourth-order valence-corrected chi connectivity index (χ4v) is 3.28. The van der Waals surface area contributed by atoms with Crippen LogP contribution >= 0.6 is 0 Å². The largest absolute Gasteiger partial charge is 0.438 e. The Kier molecular flexibility index (Phi) is 6.38. The average molecular weight is 412 g/mol. The summed E-state index contributed by atoms with van der Waals surface area (Å²) < 4.78 is 7.68. The van der Waals surface area contributed by atoms with E-state index in [2.05, 4.69) is 21.6 Å². The van der Waals surface area contributed by atoms with E-state index in [0.717, 1.165) is 24.2 Å². The zero-order chi connectivity index (χ0) is 21.5. The molecule has 4 aromatic rings. The van der Waals surface area contributed by atoms with Crippen molar-refractivity contribution in [3.63, 3.8) is 0 Å². The van der Waals surface area contributed by atoms with Crippen LogP contribution in [0, 0.1) is 6.92 Å². The van der Waals surface area contributed by atoms with Gasteiger partial charge in [-0.2, -0.15) is 5.10 Å². The molecule has 0 aliphatic heterocycles. The van der Waals surface area contributed by atoms with Crippen LogP contribution in [-0.2, 0) is 6.42 Å². The van der Waals surface area contributed by atoms with Crippen LogP contribution in [0.5, 0.6) is 11.6 Å². The Balaban J connectivity index is 1.33. The Morgan fingerprint density at radius 1 is 1.00 bits per heavy atom. The van der Waals surface area contributed by atoms with Crippen molar-refractivity contribution in [1.82, 2.24) is 20.1 Å². The quantitative estimate of drug-likeness (QED) is 0.425. The maximum atomic E-state index is 12.7. The summed E-state index contributed by atoms with van der Waals surface area (Å²) in [6.45, 7) is 2.56. The lowest BCUT2D eigenvalue weighted by Gasteiger charge is -2.10. The molecule has 31 heavy (non-hydrogen) atoms. The number of carbonyl (C=O) groups excluding carboxylic acids is 1. The predicted octanol–water partition coefficient (Wildman–Crippen LogP) is 4.73. The summed E-state index contributed by atoms with van der Waals surface area (Å²) >= 11 is 0. The van der Waals surface area contributed by atoms with Crippen molar-refractivity contribution in [2.75, 3.05) is 6.54 Å². The van der Waals surface area contributed by atoms with Gasteiger partial charge < -0.3 is 10.1 Å². The summed E-state index contributed by atoms with van der Waals surface area (Å²) in [6.07, 6.45) is 5.31. The number of hydrogen-bond acceptors (Lipinski definition) is 4. The molecule has 2 heterocycles. The molecule has 0 saturated carbocycles. The van der Waals surface area contributed by atoms with E-state index in [4.69, 9.17) is 4.74 Å². The normalized spacial score (nSPS) is 10.6. The molecule has 4 rings (SSSR count). The van der Waals surface area contributed by atoms with Crippen molar-refractivity contribution < 1.29 is 9.53 Å². The summed E-state index contributed by atoms with van der Waals surface area (Å²) in [5.74, 6) is 0.739. The van der Waals surface area contributed by atoms with Gasteiger partial charge in [0.25, 0.3) is 5.91 Å². The third-order valence-electron chi connectivity index (χ3n) is 4.90. The van der Waals surface area contributed by atoms with Gasteiger partial charge in [-0.3, -0.25) is 4.79 Å². The Labute approximate surface area is 181 Å². The molecule has 0 bridgehead atoms. The first-order valence-corrected chi connectivity index (χ1v) is 10.3. The van der Waals surface area contributed by atoms with Crippen molar-refractivity contribution in [2.24, 2.45) is 0 Å². The van der Waals surface area contributed by atoms with Crippen molar-refractivity contribution in [3.8, 4) is 17.3 Å².